The molecule has 0 amide bonds. The van der Waals surface area contributed by atoms with E-state index < -0.39 is 5.82 Å². The highest BCUT2D eigenvalue weighted by Crippen LogP contribution is 2.32. The summed E-state index contributed by atoms with van der Waals surface area (Å²) in [6.07, 6.45) is 10.4. The van der Waals surface area contributed by atoms with Gasteiger partial charge in [-0.25, -0.2) is 19.5 Å². The standard InChI is InChI=1S/C29H32FN5O3/c1-19(2)7-4-5-9-21(36)10-6-8-20-15-23-26(17-27(20)37-3)31-18-32-29(23)34-25-12-11-22(16-24(25)30)38-28-13-14-33-35-28/h5,9,11-19H,4,6-8,10H2,1-3H3,(H,33,35)(H,31,32,34)/b9-5+. The molecule has 0 saturated heterocycles. The number of halogens is 1. The molecule has 38 heavy (non-hydrogen) atoms. The number of nitrogens with one attached hydrogen (secondary N) is 2. The number of allylic oxidation sites excluding steroid dienone is 2. The predicted molar refractivity (Wildman–Crippen MR) is 146 cm³/mol. The predicted octanol–water partition coefficient (Wildman–Crippen LogP) is 6.92. The first kappa shape index (κ1) is 26.8. The van der Waals surface area contributed by atoms with E-state index in [9.17, 15) is 9.18 Å². The lowest BCUT2D eigenvalue weighted by molar-refractivity contribution is -0.114. The van der Waals surface area contributed by atoms with Gasteiger partial charge >= 0.3 is 0 Å². The van der Waals surface area contributed by atoms with Gasteiger partial charge in [-0.1, -0.05) is 19.9 Å². The Morgan fingerprint density at radius 1 is 1.18 bits per heavy atom. The van der Waals surface area contributed by atoms with E-state index in [1.54, 1.807) is 37.6 Å². The van der Waals surface area contributed by atoms with Gasteiger partial charge < -0.3 is 14.8 Å². The Labute approximate surface area is 221 Å². The normalized spacial score (nSPS) is 11.4. The SMILES string of the molecule is COc1cc2ncnc(Nc3ccc(Oc4ccn[nH]4)cc3F)c2cc1CCCC(=O)/C=C/CCC(C)C. The minimum atomic E-state index is -0.498. The van der Waals surface area contributed by atoms with Gasteiger partial charge in [-0.15, -0.1) is 0 Å². The average molecular weight is 518 g/mol. The van der Waals surface area contributed by atoms with E-state index in [1.807, 2.05) is 18.2 Å². The molecule has 4 rings (SSSR count). The van der Waals surface area contributed by atoms with Gasteiger partial charge in [0.25, 0.3) is 0 Å². The van der Waals surface area contributed by atoms with E-state index in [2.05, 4.69) is 39.3 Å². The molecule has 0 aliphatic carbocycles. The number of aryl methyl sites for hydroxylation is 1. The highest BCUT2D eigenvalue weighted by Gasteiger charge is 2.13. The number of aromatic nitrogens is 4. The second-order valence-corrected chi connectivity index (χ2v) is 9.39. The van der Waals surface area contributed by atoms with Crippen molar-refractivity contribution in [2.24, 2.45) is 5.92 Å². The van der Waals surface area contributed by atoms with Crippen LogP contribution in [0.15, 0.2) is 61.1 Å². The van der Waals surface area contributed by atoms with Crippen LogP contribution in [0.3, 0.4) is 0 Å². The monoisotopic (exact) mass is 517 g/mol. The van der Waals surface area contributed by atoms with Crippen molar-refractivity contribution < 1.29 is 18.7 Å². The minimum absolute atomic E-state index is 0.120. The number of carbonyl (C=O) groups is 1. The molecule has 0 unspecified atom stereocenters. The van der Waals surface area contributed by atoms with E-state index in [1.165, 1.54) is 12.4 Å². The van der Waals surface area contributed by atoms with E-state index in [0.29, 0.717) is 53.9 Å². The summed E-state index contributed by atoms with van der Waals surface area (Å²) in [7, 11) is 1.61. The topological polar surface area (TPSA) is 102 Å². The summed E-state index contributed by atoms with van der Waals surface area (Å²) in [6, 6.07) is 9.94. The number of anilines is 2. The Hall–Kier alpha value is -4.27. The number of carbonyl (C=O) groups excluding carboxylic acids is 1. The summed E-state index contributed by atoms with van der Waals surface area (Å²) in [4.78, 5) is 21.0. The number of aromatic amines is 1. The number of nitrogens with zero attached hydrogens (tertiary/aromatic N) is 3. The maximum Gasteiger partial charge on any atom is 0.215 e. The van der Waals surface area contributed by atoms with E-state index >= 15 is 0 Å². The molecule has 0 fully saturated rings. The molecule has 0 aliphatic rings. The summed E-state index contributed by atoms with van der Waals surface area (Å²) in [5.74, 6) is 2.14. The lowest BCUT2D eigenvalue weighted by Crippen LogP contribution is -2.01. The number of hydrogen-bond donors (Lipinski definition) is 2. The number of hydrogen-bond acceptors (Lipinski definition) is 7. The van der Waals surface area contributed by atoms with Crippen molar-refractivity contribution in [2.45, 2.75) is 46.0 Å². The van der Waals surface area contributed by atoms with Gasteiger partial charge in [-0.05, 0) is 61.4 Å². The minimum Gasteiger partial charge on any atom is -0.496 e. The molecule has 0 spiro atoms. The zero-order valence-electron chi connectivity index (χ0n) is 21.8. The van der Waals surface area contributed by atoms with Crippen molar-refractivity contribution in [3.05, 3.63) is 72.5 Å². The van der Waals surface area contributed by atoms with Crippen LogP contribution < -0.4 is 14.8 Å². The fourth-order valence-electron chi connectivity index (χ4n) is 4.01. The fraction of sp³-hybridized carbons (Fsp3) is 0.310. The van der Waals surface area contributed by atoms with E-state index in [-0.39, 0.29) is 11.5 Å². The van der Waals surface area contributed by atoms with Crippen molar-refractivity contribution >= 4 is 28.2 Å². The molecule has 2 N–H and O–H groups in total. The van der Waals surface area contributed by atoms with Gasteiger partial charge in [0.05, 0.1) is 24.5 Å². The highest BCUT2D eigenvalue weighted by atomic mass is 19.1. The molecule has 2 heterocycles. The van der Waals surface area contributed by atoms with Crippen LogP contribution >= 0.6 is 0 Å². The molecule has 2 aromatic carbocycles. The zero-order chi connectivity index (χ0) is 26.9. The van der Waals surface area contributed by atoms with Gasteiger partial charge in [-0.2, -0.15) is 5.10 Å². The Kier molecular flexibility index (Phi) is 9.02. The van der Waals surface area contributed by atoms with Crippen molar-refractivity contribution in [3.63, 3.8) is 0 Å². The third kappa shape index (κ3) is 7.15. The van der Waals surface area contributed by atoms with Crippen LogP contribution in [0, 0.1) is 11.7 Å². The number of fused-ring (bicyclic) bond motifs is 1. The number of methoxy groups -OCH3 is 1. The second kappa shape index (κ2) is 12.8. The average Bonchev–Trinajstić information content (AvgIpc) is 3.41. The second-order valence-electron chi connectivity index (χ2n) is 9.39. The molecule has 8 nitrogen and oxygen atoms in total. The van der Waals surface area contributed by atoms with Crippen LogP contribution in [0.1, 0.15) is 45.1 Å². The molecule has 0 atom stereocenters. The van der Waals surface area contributed by atoms with E-state index in [0.717, 1.165) is 23.8 Å². The Morgan fingerprint density at radius 2 is 2.05 bits per heavy atom. The van der Waals surface area contributed by atoms with E-state index in [4.69, 9.17) is 9.47 Å². The molecule has 0 radical (unpaired) electrons. The number of rotatable bonds is 13. The van der Waals surface area contributed by atoms with Gasteiger partial charge in [0.2, 0.25) is 5.88 Å². The van der Waals surface area contributed by atoms with Gasteiger partial charge in [0.1, 0.15) is 29.5 Å². The Balaban J connectivity index is 1.47. The first-order chi connectivity index (χ1) is 18.4. The summed E-state index contributed by atoms with van der Waals surface area (Å²) in [5.41, 5.74) is 1.83. The van der Waals surface area contributed by atoms with Crippen LogP contribution in [-0.4, -0.2) is 33.1 Å². The van der Waals surface area contributed by atoms with Crippen molar-refractivity contribution in [1.29, 1.82) is 0 Å². The summed E-state index contributed by atoms with van der Waals surface area (Å²) < 4.78 is 26.0. The Morgan fingerprint density at radius 3 is 2.79 bits per heavy atom. The maximum absolute atomic E-state index is 14.9. The first-order valence-electron chi connectivity index (χ1n) is 12.7. The smallest absolute Gasteiger partial charge is 0.215 e. The third-order valence-electron chi connectivity index (χ3n) is 6.02. The summed E-state index contributed by atoms with van der Waals surface area (Å²) in [6.45, 7) is 4.34. The lowest BCUT2D eigenvalue weighted by Gasteiger charge is -2.13. The molecular weight excluding hydrogens is 485 g/mol. The van der Waals surface area contributed by atoms with Crippen molar-refractivity contribution in [1.82, 2.24) is 20.2 Å². The highest BCUT2D eigenvalue weighted by molar-refractivity contribution is 5.92. The van der Waals surface area contributed by atoms with Crippen LogP contribution in [0.4, 0.5) is 15.9 Å². The molecule has 0 saturated carbocycles. The molecular formula is C29H32FN5O3. The molecule has 198 valence electrons. The molecule has 0 aliphatic heterocycles. The van der Waals surface area contributed by atoms with Crippen LogP contribution in [0.5, 0.6) is 17.4 Å². The number of benzene rings is 2. The summed E-state index contributed by atoms with van der Waals surface area (Å²) >= 11 is 0. The Bertz CT molecular complexity index is 1400. The molecule has 4 aromatic rings. The van der Waals surface area contributed by atoms with Crippen molar-refractivity contribution in [3.8, 4) is 17.4 Å². The third-order valence-corrected chi connectivity index (χ3v) is 6.02. The van der Waals surface area contributed by atoms with Crippen LogP contribution in [0.2, 0.25) is 0 Å². The number of ketones is 1. The zero-order valence-corrected chi connectivity index (χ0v) is 21.8. The quantitative estimate of drug-likeness (QED) is 0.186. The fourth-order valence-corrected chi connectivity index (χ4v) is 4.01. The number of H-pyrrole nitrogens is 1. The largest absolute Gasteiger partial charge is 0.496 e. The van der Waals surface area contributed by atoms with Crippen LogP contribution in [-0.2, 0) is 11.2 Å². The molecule has 0 bridgehead atoms. The molecule has 2 aromatic heterocycles. The first-order valence-corrected chi connectivity index (χ1v) is 12.7. The van der Waals surface area contributed by atoms with Crippen molar-refractivity contribution in [2.75, 3.05) is 12.4 Å². The molecule has 9 heteroatoms. The van der Waals surface area contributed by atoms with Gasteiger partial charge in [0, 0.05) is 30.0 Å². The maximum atomic E-state index is 14.9. The van der Waals surface area contributed by atoms with Gasteiger partial charge in [0.15, 0.2) is 5.78 Å². The lowest BCUT2D eigenvalue weighted by atomic mass is 10.0. The van der Waals surface area contributed by atoms with Crippen LogP contribution in [0.25, 0.3) is 10.9 Å². The van der Waals surface area contributed by atoms with Gasteiger partial charge in [-0.3, -0.25) is 4.79 Å². The number of ether oxygens (including phenoxy) is 2. The summed E-state index contributed by atoms with van der Waals surface area (Å²) in [5, 5.41) is 10.3.